The molecule has 0 saturated carbocycles. The maximum absolute atomic E-state index is 14.5. The number of likely N-dealkylation sites (tertiary alicyclic amines) is 1. The highest BCUT2D eigenvalue weighted by molar-refractivity contribution is 5.96. The molecule has 3 aliphatic heterocycles. The van der Waals surface area contributed by atoms with Crippen molar-refractivity contribution in [2.45, 2.75) is 56.0 Å². The van der Waals surface area contributed by atoms with Crippen LogP contribution < -0.4 is 26.0 Å². The number of hydrogen-bond acceptors (Lipinski definition) is 6. The number of hydrogen-bond donors (Lipinski definition) is 4. The number of nitrogens with one attached hydrogen (secondary N) is 4. The number of nitrogens with zero attached hydrogens (tertiary/aromatic N) is 1. The summed E-state index contributed by atoms with van der Waals surface area (Å²) in [6.07, 6.45) is 4.09. The maximum Gasteiger partial charge on any atom is 0.247 e. The molecule has 7 rings (SSSR count). The molecule has 4 N–H and O–H groups in total. The Morgan fingerprint density at radius 3 is 2.16 bits per heavy atom. The number of fused-ring (bicyclic) bond motifs is 10. The van der Waals surface area contributed by atoms with E-state index < -0.39 is 48.0 Å². The molecule has 0 unspecified atom stereocenters. The number of carbonyl (C=O) groups excluding carboxylic acids is 4. The third kappa shape index (κ3) is 8.90. The normalized spacial score (nSPS) is 21.8. The van der Waals surface area contributed by atoms with Gasteiger partial charge in [-0.2, -0.15) is 0 Å². The number of ether oxygens (including phenoxy) is 1. The molecule has 4 aromatic rings. The Bertz CT molecular complexity index is 1820. The van der Waals surface area contributed by atoms with E-state index in [1.807, 2.05) is 103 Å². The molecular formula is C41H43N5O5. The molecule has 4 amide bonds. The number of likely N-dealkylation sites (N-methyl/N-ethyl adjacent to an activating group) is 1. The molecule has 10 nitrogen and oxygen atoms in total. The second kappa shape index (κ2) is 16.8. The first-order chi connectivity index (χ1) is 24.9. The van der Waals surface area contributed by atoms with Gasteiger partial charge in [0.25, 0.3) is 0 Å². The summed E-state index contributed by atoms with van der Waals surface area (Å²) in [4.78, 5) is 57.9. The van der Waals surface area contributed by atoms with Crippen LogP contribution in [0.4, 0.5) is 0 Å². The Morgan fingerprint density at radius 1 is 0.843 bits per heavy atom. The zero-order valence-electron chi connectivity index (χ0n) is 28.5. The van der Waals surface area contributed by atoms with Gasteiger partial charge in [0.2, 0.25) is 23.6 Å². The molecule has 1 saturated heterocycles. The van der Waals surface area contributed by atoms with Gasteiger partial charge in [-0.25, -0.2) is 0 Å². The first-order valence-electron chi connectivity index (χ1n) is 17.3. The Balaban J connectivity index is 1.32. The standard InChI is InChI=1S/C41H43N5O5/c1-42-34(27-30-14-7-3-8-15-30)41(50)46-25-11-18-35(46)39(48)45-36-37(31-16-9-4-10-17-31)51-32-21-19-28(20-22-32)23-24-43-38(47)33(44-40(36)49)26-29-12-5-2-6-13-29/h2-10,12-17,19-24,33-37,42H,11,18,25-27H2,1H3,(H,43,47)(H,44,49)(H,45,48)/b24-23-/t33-,34-,35-,36-,37+/m0/s1. The Hall–Kier alpha value is -5.74. The van der Waals surface area contributed by atoms with Gasteiger partial charge in [-0.15, -0.1) is 0 Å². The van der Waals surface area contributed by atoms with E-state index in [0.717, 1.165) is 16.7 Å². The van der Waals surface area contributed by atoms with Gasteiger partial charge in [0, 0.05) is 19.2 Å². The Labute approximate surface area is 298 Å². The molecule has 0 aliphatic carbocycles. The molecule has 0 radical (unpaired) electrons. The van der Waals surface area contributed by atoms with Crippen molar-refractivity contribution < 1.29 is 23.9 Å². The molecule has 2 bridgehead atoms. The summed E-state index contributed by atoms with van der Waals surface area (Å²) >= 11 is 0. The zero-order valence-corrected chi connectivity index (χ0v) is 28.5. The predicted octanol–water partition coefficient (Wildman–Crippen LogP) is 3.94. The summed E-state index contributed by atoms with van der Waals surface area (Å²) in [5.74, 6) is -1.17. The highest BCUT2D eigenvalue weighted by Gasteiger charge is 2.41. The van der Waals surface area contributed by atoms with Crippen LogP contribution in [0, 0.1) is 0 Å². The molecule has 4 aromatic carbocycles. The third-order valence-corrected chi connectivity index (χ3v) is 9.34. The fourth-order valence-electron chi connectivity index (χ4n) is 6.61. The van der Waals surface area contributed by atoms with E-state index in [9.17, 15) is 19.2 Å². The SMILES string of the molecule is CN[C@@H](Cc1ccccc1)C(=O)N1CCC[C@H]1C(=O)N[C@@H]1C(=O)N[C@@H](Cc2ccccc2)C(=O)N/C=C\c2ccc(cc2)O[C@@H]1c1ccccc1. The minimum absolute atomic E-state index is 0.182. The van der Waals surface area contributed by atoms with Crippen LogP contribution in [0.15, 0.2) is 121 Å². The number of carbonyl (C=O) groups is 4. The van der Waals surface area contributed by atoms with Gasteiger partial charge < -0.3 is 30.9 Å². The second-order valence-corrected chi connectivity index (χ2v) is 12.8. The lowest BCUT2D eigenvalue weighted by Crippen LogP contribution is -2.59. The van der Waals surface area contributed by atoms with E-state index in [1.165, 1.54) is 0 Å². The van der Waals surface area contributed by atoms with Gasteiger partial charge in [-0.3, -0.25) is 19.2 Å². The van der Waals surface area contributed by atoms with Gasteiger partial charge >= 0.3 is 0 Å². The largest absolute Gasteiger partial charge is 0.483 e. The molecule has 262 valence electrons. The molecule has 0 spiro atoms. The summed E-state index contributed by atoms with van der Waals surface area (Å²) in [5, 5.41) is 11.8. The van der Waals surface area contributed by atoms with Crippen molar-refractivity contribution in [3.63, 3.8) is 0 Å². The number of rotatable bonds is 9. The van der Waals surface area contributed by atoms with Crippen molar-refractivity contribution in [2.24, 2.45) is 0 Å². The van der Waals surface area contributed by atoms with E-state index >= 15 is 0 Å². The molecule has 1 fully saturated rings. The van der Waals surface area contributed by atoms with E-state index in [1.54, 1.807) is 36.4 Å². The van der Waals surface area contributed by atoms with E-state index in [0.29, 0.717) is 37.1 Å². The lowest BCUT2D eigenvalue weighted by molar-refractivity contribution is -0.141. The summed E-state index contributed by atoms with van der Waals surface area (Å²) in [5.41, 5.74) is 3.34. The maximum atomic E-state index is 14.5. The number of amides is 4. The molecule has 10 heteroatoms. The molecule has 0 aromatic heterocycles. The summed E-state index contributed by atoms with van der Waals surface area (Å²) in [6.45, 7) is 0.415. The van der Waals surface area contributed by atoms with Crippen LogP contribution in [0.1, 0.15) is 41.2 Å². The minimum Gasteiger partial charge on any atom is -0.483 e. The topological polar surface area (TPSA) is 129 Å². The van der Waals surface area contributed by atoms with Crippen molar-refractivity contribution in [1.82, 2.24) is 26.2 Å². The Kier molecular flexibility index (Phi) is 11.5. The second-order valence-electron chi connectivity index (χ2n) is 12.8. The highest BCUT2D eigenvalue weighted by Crippen LogP contribution is 2.28. The van der Waals surface area contributed by atoms with Crippen molar-refractivity contribution in [1.29, 1.82) is 0 Å². The van der Waals surface area contributed by atoms with Crippen LogP contribution >= 0.6 is 0 Å². The van der Waals surface area contributed by atoms with Gasteiger partial charge in [0.05, 0.1) is 6.04 Å². The van der Waals surface area contributed by atoms with Crippen LogP contribution in [-0.2, 0) is 32.0 Å². The van der Waals surface area contributed by atoms with E-state index in [4.69, 9.17) is 4.74 Å². The fraction of sp³-hybridized carbons (Fsp3) is 0.268. The van der Waals surface area contributed by atoms with Crippen molar-refractivity contribution >= 4 is 29.7 Å². The summed E-state index contributed by atoms with van der Waals surface area (Å²) < 4.78 is 6.53. The fourth-order valence-corrected chi connectivity index (χ4v) is 6.61. The van der Waals surface area contributed by atoms with Crippen molar-refractivity contribution in [2.75, 3.05) is 13.6 Å². The third-order valence-electron chi connectivity index (χ3n) is 9.34. The van der Waals surface area contributed by atoms with Crippen molar-refractivity contribution in [3.05, 3.63) is 144 Å². The zero-order chi connectivity index (χ0) is 35.6. The van der Waals surface area contributed by atoms with Gasteiger partial charge in [0.1, 0.15) is 23.9 Å². The minimum atomic E-state index is -1.27. The van der Waals surface area contributed by atoms with E-state index in [-0.39, 0.29) is 12.3 Å². The average molecular weight is 686 g/mol. The monoisotopic (exact) mass is 685 g/mol. The van der Waals surface area contributed by atoms with Crippen LogP contribution in [-0.4, -0.2) is 66.3 Å². The quantitative estimate of drug-likeness (QED) is 0.211. The van der Waals surface area contributed by atoms with Crippen LogP contribution in [0.2, 0.25) is 0 Å². The summed E-state index contributed by atoms with van der Waals surface area (Å²) in [6, 6.07) is 32.0. The van der Waals surface area contributed by atoms with Crippen LogP contribution in [0.5, 0.6) is 5.75 Å². The van der Waals surface area contributed by atoms with Gasteiger partial charge in [-0.1, -0.05) is 103 Å². The molecule has 3 heterocycles. The molecule has 5 atom stereocenters. The lowest BCUT2D eigenvalue weighted by atomic mass is 9.98. The van der Waals surface area contributed by atoms with Crippen molar-refractivity contribution in [3.8, 4) is 5.75 Å². The predicted molar refractivity (Wildman–Crippen MR) is 195 cm³/mol. The molecular weight excluding hydrogens is 642 g/mol. The van der Waals surface area contributed by atoms with Gasteiger partial charge in [0.15, 0.2) is 6.10 Å². The molecule has 51 heavy (non-hydrogen) atoms. The number of benzene rings is 4. The summed E-state index contributed by atoms with van der Waals surface area (Å²) in [7, 11) is 1.74. The highest BCUT2D eigenvalue weighted by atomic mass is 16.5. The average Bonchev–Trinajstić information content (AvgIpc) is 3.66. The first kappa shape index (κ1) is 35.1. The van der Waals surface area contributed by atoms with Crippen LogP contribution in [0.25, 0.3) is 6.08 Å². The smallest absolute Gasteiger partial charge is 0.247 e. The van der Waals surface area contributed by atoms with E-state index in [2.05, 4.69) is 21.3 Å². The molecule has 3 aliphatic rings. The Morgan fingerprint density at radius 2 is 1.49 bits per heavy atom. The van der Waals surface area contributed by atoms with Gasteiger partial charge in [-0.05, 0) is 66.8 Å². The van der Waals surface area contributed by atoms with Crippen LogP contribution in [0.3, 0.4) is 0 Å². The first-order valence-corrected chi connectivity index (χ1v) is 17.3. The lowest BCUT2D eigenvalue weighted by Gasteiger charge is -2.33.